The third kappa shape index (κ3) is 3.11. The van der Waals surface area contributed by atoms with Gasteiger partial charge in [0.25, 0.3) is 17.7 Å². The summed E-state index contributed by atoms with van der Waals surface area (Å²) < 4.78 is 0. The van der Waals surface area contributed by atoms with Crippen molar-refractivity contribution in [3.8, 4) is 0 Å². The molecule has 0 unspecified atom stereocenters. The van der Waals surface area contributed by atoms with Gasteiger partial charge in [0.15, 0.2) is 0 Å². The van der Waals surface area contributed by atoms with Gasteiger partial charge in [-0.3, -0.25) is 19.3 Å². The average molecular weight is 425 g/mol. The molecule has 1 aliphatic carbocycles. The van der Waals surface area contributed by atoms with Crippen molar-refractivity contribution in [2.24, 2.45) is 0 Å². The largest absolute Gasteiger partial charge is 0.385 e. The van der Waals surface area contributed by atoms with E-state index in [-0.39, 0.29) is 23.8 Å². The Morgan fingerprint density at radius 3 is 2.23 bits per heavy atom. The molecule has 2 aromatic rings. The molecule has 0 spiro atoms. The molecule has 2 aliphatic heterocycles. The molecule has 2 fully saturated rings. The number of carbonyl (C=O) groups excluding carboxylic acids is 3. The van der Waals surface area contributed by atoms with Crippen molar-refractivity contribution in [1.29, 1.82) is 0 Å². The third-order valence-corrected chi connectivity index (χ3v) is 6.59. The fraction of sp³-hybridized carbons (Fsp3) is 0.348. The van der Waals surface area contributed by atoms with Crippen molar-refractivity contribution in [3.63, 3.8) is 0 Å². The van der Waals surface area contributed by atoms with Crippen LogP contribution < -0.4 is 0 Å². The first-order valence-electron chi connectivity index (χ1n) is 10.2. The number of nitrogens with zero attached hydrogens (tertiary/aromatic N) is 2. The molecule has 1 saturated heterocycles. The highest BCUT2D eigenvalue weighted by Gasteiger charge is 2.44. The lowest BCUT2D eigenvalue weighted by molar-refractivity contribution is -0.0211. The summed E-state index contributed by atoms with van der Waals surface area (Å²) in [6.45, 7) is 0.798. The maximum absolute atomic E-state index is 13.0. The molecule has 1 N–H and O–H groups in total. The van der Waals surface area contributed by atoms with E-state index in [1.165, 1.54) is 4.90 Å². The average Bonchev–Trinajstić information content (AvgIpc) is 3.55. The molecule has 3 aliphatic rings. The van der Waals surface area contributed by atoms with E-state index in [1.807, 2.05) is 12.1 Å². The van der Waals surface area contributed by atoms with Gasteiger partial charge in [0, 0.05) is 29.7 Å². The van der Waals surface area contributed by atoms with E-state index in [2.05, 4.69) is 0 Å². The van der Waals surface area contributed by atoms with Gasteiger partial charge in [-0.05, 0) is 61.6 Å². The predicted octanol–water partition coefficient (Wildman–Crippen LogP) is 3.22. The molecule has 2 aromatic carbocycles. The van der Waals surface area contributed by atoms with Gasteiger partial charge in [-0.25, -0.2) is 0 Å². The summed E-state index contributed by atoms with van der Waals surface area (Å²) >= 11 is 5.94. The van der Waals surface area contributed by atoms with E-state index < -0.39 is 5.60 Å². The minimum atomic E-state index is -0.994. The second-order valence-corrected chi connectivity index (χ2v) is 8.74. The summed E-state index contributed by atoms with van der Waals surface area (Å²) in [6, 6.07) is 11.9. The molecule has 5 rings (SSSR count). The van der Waals surface area contributed by atoms with Gasteiger partial charge in [-0.15, -0.1) is 0 Å². The van der Waals surface area contributed by atoms with Gasteiger partial charge in [0.1, 0.15) is 0 Å². The van der Waals surface area contributed by atoms with Crippen molar-refractivity contribution in [2.45, 2.75) is 37.3 Å². The Bertz CT molecular complexity index is 1050. The van der Waals surface area contributed by atoms with Crippen LogP contribution in [-0.4, -0.2) is 51.8 Å². The second kappa shape index (κ2) is 6.93. The molecule has 6 nitrogen and oxygen atoms in total. The molecule has 0 radical (unpaired) electrons. The SMILES string of the molecule is O=C(c1ccc2c(c1)C(=O)N(C1CC1)C2=O)N1CCC(O)(c2ccc(Cl)cc2)CC1. The van der Waals surface area contributed by atoms with Gasteiger partial charge in [-0.1, -0.05) is 23.7 Å². The molecule has 0 atom stereocenters. The lowest BCUT2D eigenvalue weighted by atomic mass is 9.84. The molecular weight excluding hydrogens is 404 g/mol. The zero-order valence-corrected chi connectivity index (χ0v) is 17.1. The van der Waals surface area contributed by atoms with Crippen LogP contribution in [0.5, 0.6) is 0 Å². The summed E-state index contributed by atoms with van der Waals surface area (Å²) in [6.07, 6.45) is 2.53. The molecule has 30 heavy (non-hydrogen) atoms. The Balaban J connectivity index is 1.32. The second-order valence-electron chi connectivity index (χ2n) is 8.30. The first-order chi connectivity index (χ1) is 14.4. The number of hydrogen-bond donors (Lipinski definition) is 1. The maximum atomic E-state index is 13.0. The lowest BCUT2D eigenvalue weighted by Gasteiger charge is -2.38. The summed E-state index contributed by atoms with van der Waals surface area (Å²) in [7, 11) is 0. The molecule has 7 heteroatoms. The Kier molecular flexibility index (Phi) is 4.45. The Morgan fingerprint density at radius 2 is 1.60 bits per heavy atom. The number of fused-ring (bicyclic) bond motifs is 1. The van der Waals surface area contributed by atoms with E-state index in [0.717, 1.165) is 18.4 Å². The number of rotatable bonds is 3. The molecule has 0 aromatic heterocycles. The number of hydrogen-bond acceptors (Lipinski definition) is 4. The van der Waals surface area contributed by atoms with Crippen LogP contribution in [0, 0.1) is 0 Å². The maximum Gasteiger partial charge on any atom is 0.261 e. The first-order valence-corrected chi connectivity index (χ1v) is 10.5. The highest BCUT2D eigenvalue weighted by Crippen LogP contribution is 2.36. The van der Waals surface area contributed by atoms with Crippen molar-refractivity contribution < 1.29 is 19.5 Å². The lowest BCUT2D eigenvalue weighted by Crippen LogP contribution is -2.45. The molecule has 3 amide bonds. The predicted molar refractivity (Wildman–Crippen MR) is 110 cm³/mol. The van der Waals surface area contributed by atoms with E-state index >= 15 is 0 Å². The highest BCUT2D eigenvalue weighted by molar-refractivity contribution is 6.30. The number of piperidine rings is 1. The Labute approximate surface area is 179 Å². The van der Waals surface area contributed by atoms with Gasteiger partial charge >= 0.3 is 0 Å². The summed E-state index contributed by atoms with van der Waals surface area (Å²) in [5.41, 5.74) is 0.879. The number of imide groups is 1. The quantitative estimate of drug-likeness (QED) is 0.767. The molecule has 154 valence electrons. The first kappa shape index (κ1) is 19.3. The summed E-state index contributed by atoms with van der Waals surface area (Å²) in [4.78, 5) is 41.2. The summed E-state index contributed by atoms with van der Waals surface area (Å²) in [5.74, 6) is -0.758. The molecule has 1 saturated carbocycles. The highest BCUT2D eigenvalue weighted by atomic mass is 35.5. The van der Waals surface area contributed by atoms with Crippen LogP contribution in [0.4, 0.5) is 0 Å². The van der Waals surface area contributed by atoms with Crippen LogP contribution in [0.2, 0.25) is 5.02 Å². The van der Waals surface area contributed by atoms with Crippen LogP contribution in [0.25, 0.3) is 0 Å². The van der Waals surface area contributed by atoms with E-state index in [9.17, 15) is 19.5 Å². The number of carbonyl (C=O) groups is 3. The normalized spacial score (nSPS) is 20.5. The minimum absolute atomic E-state index is 0.00388. The Morgan fingerprint density at radius 1 is 0.967 bits per heavy atom. The van der Waals surface area contributed by atoms with Crippen molar-refractivity contribution in [3.05, 3.63) is 69.7 Å². The number of halogens is 1. The van der Waals surface area contributed by atoms with E-state index in [1.54, 1.807) is 35.2 Å². The van der Waals surface area contributed by atoms with Crippen LogP contribution in [0.15, 0.2) is 42.5 Å². The van der Waals surface area contributed by atoms with Crippen LogP contribution >= 0.6 is 11.6 Å². The van der Waals surface area contributed by atoms with Crippen LogP contribution in [-0.2, 0) is 5.60 Å². The minimum Gasteiger partial charge on any atom is -0.385 e. The molecule has 2 heterocycles. The molecular formula is C23H21ClN2O4. The zero-order chi connectivity index (χ0) is 21.0. The van der Waals surface area contributed by atoms with Gasteiger partial charge < -0.3 is 10.0 Å². The van der Waals surface area contributed by atoms with Crippen LogP contribution in [0.1, 0.15) is 62.3 Å². The van der Waals surface area contributed by atoms with Crippen molar-refractivity contribution in [1.82, 2.24) is 9.80 Å². The van der Waals surface area contributed by atoms with Gasteiger partial charge in [0.2, 0.25) is 0 Å². The number of aliphatic hydroxyl groups is 1. The third-order valence-electron chi connectivity index (χ3n) is 6.34. The standard InChI is InChI=1S/C23H21ClN2O4/c24-16-4-2-15(3-5-16)23(30)9-11-25(12-10-23)20(27)14-1-8-18-19(13-14)22(29)26(21(18)28)17-6-7-17/h1-5,8,13,17,30H,6-7,9-12H2. The topological polar surface area (TPSA) is 77.9 Å². The summed E-state index contributed by atoms with van der Waals surface area (Å²) in [5, 5.41) is 11.6. The molecule has 0 bridgehead atoms. The van der Waals surface area contributed by atoms with Gasteiger partial charge in [-0.2, -0.15) is 0 Å². The fourth-order valence-electron chi connectivity index (χ4n) is 4.37. The Hall–Kier alpha value is -2.70. The van der Waals surface area contributed by atoms with Crippen molar-refractivity contribution in [2.75, 3.05) is 13.1 Å². The van der Waals surface area contributed by atoms with Crippen LogP contribution in [0.3, 0.4) is 0 Å². The fourth-order valence-corrected chi connectivity index (χ4v) is 4.49. The monoisotopic (exact) mass is 424 g/mol. The smallest absolute Gasteiger partial charge is 0.261 e. The van der Waals surface area contributed by atoms with Crippen molar-refractivity contribution >= 4 is 29.3 Å². The van der Waals surface area contributed by atoms with E-state index in [4.69, 9.17) is 11.6 Å². The number of benzene rings is 2. The van der Waals surface area contributed by atoms with Gasteiger partial charge in [0.05, 0.1) is 16.7 Å². The number of amides is 3. The number of likely N-dealkylation sites (tertiary alicyclic amines) is 1. The zero-order valence-electron chi connectivity index (χ0n) is 16.3. The van der Waals surface area contributed by atoms with E-state index in [0.29, 0.717) is 47.6 Å².